The van der Waals surface area contributed by atoms with Gasteiger partial charge in [-0.05, 0) is 12.2 Å². The molecule has 0 aliphatic heterocycles. The standard InChI is InChI=1S/C7H12O3/c1-6(8)4-5-7(9-2)10-3/h4-5,7-8H,1H2,2-3H3. The molecule has 0 spiro atoms. The summed E-state index contributed by atoms with van der Waals surface area (Å²) in [7, 11) is 3.03. The summed E-state index contributed by atoms with van der Waals surface area (Å²) < 4.78 is 9.58. The van der Waals surface area contributed by atoms with Gasteiger partial charge in [-0.2, -0.15) is 0 Å². The quantitative estimate of drug-likeness (QED) is 0.366. The lowest BCUT2D eigenvalue weighted by Crippen LogP contribution is -2.08. The predicted octanol–water partition coefficient (Wildman–Crippen LogP) is 1.23. The maximum atomic E-state index is 8.60. The van der Waals surface area contributed by atoms with E-state index in [1.807, 2.05) is 0 Å². The highest BCUT2D eigenvalue weighted by atomic mass is 16.7. The fourth-order valence-electron chi connectivity index (χ4n) is 0.443. The van der Waals surface area contributed by atoms with Crippen LogP contribution in [0.5, 0.6) is 0 Å². The Kier molecular flexibility index (Phi) is 4.62. The van der Waals surface area contributed by atoms with Crippen molar-refractivity contribution in [3.05, 3.63) is 24.5 Å². The summed E-state index contributed by atoms with van der Waals surface area (Å²) in [6, 6.07) is 0. The van der Waals surface area contributed by atoms with Crippen molar-refractivity contribution in [1.82, 2.24) is 0 Å². The Labute approximate surface area is 60.6 Å². The fourth-order valence-corrected chi connectivity index (χ4v) is 0.443. The van der Waals surface area contributed by atoms with Gasteiger partial charge in [-0.3, -0.25) is 0 Å². The van der Waals surface area contributed by atoms with Gasteiger partial charge in [0.2, 0.25) is 0 Å². The van der Waals surface area contributed by atoms with Crippen molar-refractivity contribution in [2.24, 2.45) is 0 Å². The zero-order chi connectivity index (χ0) is 7.98. The van der Waals surface area contributed by atoms with Crippen molar-refractivity contribution >= 4 is 0 Å². The van der Waals surface area contributed by atoms with E-state index in [1.54, 1.807) is 6.08 Å². The fraction of sp³-hybridized carbons (Fsp3) is 0.429. The molecule has 1 N–H and O–H groups in total. The third-order valence-corrected chi connectivity index (χ3v) is 0.910. The Morgan fingerprint density at radius 1 is 1.50 bits per heavy atom. The van der Waals surface area contributed by atoms with Crippen molar-refractivity contribution in [3.8, 4) is 0 Å². The van der Waals surface area contributed by atoms with E-state index >= 15 is 0 Å². The number of ether oxygens (including phenoxy) is 2. The van der Waals surface area contributed by atoms with Crippen LogP contribution in [0.25, 0.3) is 0 Å². The number of allylic oxidation sites excluding steroid dienone is 1. The lowest BCUT2D eigenvalue weighted by molar-refractivity contribution is -0.0667. The molecule has 0 rings (SSSR count). The first kappa shape index (κ1) is 9.20. The second kappa shape index (κ2) is 5.02. The highest BCUT2D eigenvalue weighted by Gasteiger charge is 1.96. The summed E-state index contributed by atoms with van der Waals surface area (Å²) in [5, 5.41) is 8.60. The van der Waals surface area contributed by atoms with Crippen molar-refractivity contribution in [3.63, 3.8) is 0 Å². The van der Waals surface area contributed by atoms with Crippen LogP contribution < -0.4 is 0 Å². The normalized spacial score (nSPS) is 11.1. The van der Waals surface area contributed by atoms with Gasteiger partial charge in [0.25, 0.3) is 0 Å². The topological polar surface area (TPSA) is 38.7 Å². The van der Waals surface area contributed by atoms with Gasteiger partial charge in [0.05, 0.1) is 0 Å². The van der Waals surface area contributed by atoms with Gasteiger partial charge in [0.1, 0.15) is 5.76 Å². The minimum Gasteiger partial charge on any atom is -0.509 e. The van der Waals surface area contributed by atoms with Crippen LogP contribution in [-0.4, -0.2) is 25.6 Å². The molecule has 0 heterocycles. The molecule has 0 aromatic heterocycles. The molecule has 0 atom stereocenters. The highest BCUT2D eigenvalue weighted by molar-refractivity contribution is 5.05. The van der Waals surface area contributed by atoms with E-state index < -0.39 is 6.29 Å². The van der Waals surface area contributed by atoms with E-state index in [9.17, 15) is 0 Å². The molecule has 0 fully saturated rings. The average molecular weight is 144 g/mol. The largest absolute Gasteiger partial charge is 0.509 e. The predicted molar refractivity (Wildman–Crippen MR) is 38.7 cm³/mol. The third-order valence-electron chi connectivity index (χ3n) is 0.910. The van der Waals surface area contributed by atoms with Crippen LogP contribution in [0.4, 0.5) is 0 Å². The molecule has 0 saturated heterocycles. The monoisotopic (exact) mass is 144 g/mol. The number of methoxy groups -OCH3 is 2. The van der Waals surface area contributed by atoms with Crippen LogP contribution in [0.3, 0.4) is 0 Å². The lowest BCUT2D eigenvalue weighted by Gasteiger charge is -2.06. The zero-order valence-corrected chi connectivity index (χ0v) is 6.20. The van der Waals surface area contributed by atoms with Gasteiger partial charge in [-0.25, -0.2) is 0 Å². The molecular weight excluding hydrogens is 132 g/mol. The van der Waals surface area contributed by atoms with Crippen molar-refractivity contribution < 1.29 is 14.6 Å². The molecular formula is C7H12O3. The summed E-state index contributed by atoms with van der Waals surface area (Å²) in [5.74, 6) is -0.0147. The van der Waals surface area contributed by atoms with Gasteiger partial charge >= 0.3 is 0 Å². The van der Waals surface area contributed by atoms with Crippen LogP contribution in [0, 0.1) is 0 Å². The van der Waals surface area contributed by atoms with Crippen LogP contribution in [-0.2, 0) is 9.47 Å². The zero-order valence-electron chi connectivity index (χ0n) is 6.20. The highest BCUT2D eigenvalue weighted by Crippen LogP contribution is 1.94. The Bertz CT molecular complexity index is 125. The Morgan fingerprint density at radius 3 is 2.30 bits per heavy atom. The number of aliphatic hydroxyl groups is 1. The minimum absolute atomic E-state index is 0.0147. The molecule has 0 aromatic carbocycles. The number of hydrogen-bond acceptors (Lipinski definition) is 3. The minimum atomic E-state index is -0.413. The van der Waals surface area contributed by atoms with Gasteiger partial charge in [-0.15, -0.1) is 0 Å². The molecule has 0 aliphatic rings. The van der Waals surface area contributed by atoms with E-state index in [2.05, 4.69) is 6.58 Å². The van der Waals surface area contributed by atoms with Gasteiger partial charge in [0, 0.05) is 14.2 Å². The molecule has 0 saturated carbocycles. The first-order valence-corrected chi connectivity index (χ1v) is 2.82. The molecule has 3 heteroatoms. The molecule has 0 aromatic rings. The van der Waals surface area contributed by atoms with E-state index in [1.165, 1.54) is 20.3 Å². The van der Waals surface area contributed by atoms with Gasteiger partial charge < -0.3 is 14.6 Å². The summed E-state index contributed by atoms with van der Waals surface area (Å²) in [6.07, 6.45) is 2.56. The van der Waals surface area contributed by atoms with Crippen LogP contribution in [0.2, 0.25) is 0 Å². The lowest BCUT2D eigenvalue weighted by atomic mass is 10.4. The molecule has 58 valence electrons. The molecule has 3 nitrogen and oxygen atoms in total. The van der Waals surface area contributed by atoms with E-state index in [4.69, 9.17) is 14.6 Å². The molecule has 0 bridgehead atoms. The number of aliphatic hydroxyl groups excluding tert-OH is 1. The van der Waals surface area contributed by atoms with E-state index in [0.29, 0.717) is 0 Å². The van der Waals surface area contributed by atoms with Crippen LogP contribution in [0.1, 0.15) is 0 Å². The van der Waals surface area contributed by atoms with Crippen molar-refractivity contribution in [1.29, 1.82) is 0 Å². The van der Waals surface area contributed by atoms with Gasteiger partial charge in [-0.1, -0.05) is 6.58 Å². The Balaban J connectivity index is 3.72. The summed E-state index contributed by atoms with van der Waals surface area (Å²) in [6.45, 7) is 3.25. The second-order valence-corrected chi connectivity index (χ2v) is 1.69. The van der Waals surface area contributed by atoms with E-state index in [0.717, 1.165) is 0 Å². The smallest absolute Gasteiger partial charge is 0.176 e. The average Bonchev–Trinajstić information content (AvgIpc) is 1.90. The molecule has 10 heavy (non-hydrogen) atoms. The van der Waals surface area contributed by atoms with Gasteiger partial charge in [0.15, 0.2) is 6.29 Å². The Morgan fingerprint density at radius 2 is 2.00 bits per heavy atom. The maximum Gasteiger partial charge on any atom is 0.176 e. The second-order valence-electron chi connectivity index (χ2n) is 1.69. The Hall–Kier alpha value is -0.800. The first-order valence-electron chi connectivity index (χ1n) is 2.82. The summed E-state index contributed by atoms with van der Waals surface area (Å²) in [4.78, 5) is 0. The van der Waals surface area contributed by atoms with Crippen molar-refractivity contribution in [2.45, 2.75) is 6.29 Å². The first-order chi connectivity index (χ1) is 4.70. The summed E-state index contributed by atoms with van der Waals surface area (Å²) in [5.41, 5.74) is 0. The van der Waals surface area contributed by atoms with Crippen molar-refractivity contribution in [2.75, 3.05) is 14.2 Å². The van der Waals surface area contributed by atoms with Crippen LogP contribution >= 0.6 is 0 Å². The number of hydrogen-bond donors (Lipinski definition) is 1. The molecule has 0 radical (unpaired) electrons. The SMILES string of the molecule is C=C(O)C=CC(OC)OC. The third kappa shape index (κ3) is 4.12. The molecule has 0 unspecified atom stereocenters. The molecule has 0 amide bonds. The summed E-state index contributed by atoms with van der Waals surface area (Å²) >= 11 is 0. The number of rotatable bonds is 4. The molecule has 0 aliphatic carbocycles. The maximum absolute atomic E-state index is 8.60. The van der Waals surface area contributed by atoms with Crippen LogP contribution in [0.15, 0.2) is 24.5 Å². The van der Waals surface area contributed by atoms with E-state index in [-0.39, 0.29) is 5.76 Å².